The fourth-order valence-corrected chi connectivity index (χ4v) is 3.51. The summed E-state index contributed by atoms with van der Waals surface area (Å²) in [7, 11) is 0. The SMILES string of the molecule is Cc1cnc(CNC2CC(c3ccc(Br)cc3)C2)s1. The summed E-state index contributed by atoms with van der Waals surface area (Å²) in [6, 6.07) is 9.38. The maximum Gasteiger partial charge on any atom is 0.107 e. The van der Waals surface area contributed by atoms with Crippen molar-refractivity contribution in [1.29, 1.82) is 0 Å². The highest BCUT2D eigenvalue weighted by atomic mass is 79.9. The Kier molecular flexibility index (Phi) is 4.01. The van der Waals surface area contributed by atoms with Crippen molar-refractivity contribution in [2.24, 2.45) is 0 Å². The van der Waals surface area contributed by atoms with Crippen molar-refractivity contribution in [2.75, 3.05) is 0 Å². The van der Waals surface area contributed by atoms with Gasteiger partial charge in [0.15, 0.2) is 0 Å². The van der Waals surface area contributed by atoms with Gasteiger partial charge in [-0.05, 0) is 43.4 Å². The van der Waals surface area contributed by atoms with E-state index in [0.29, 0.717) is 6.04 Å². The van der Waals surface area contributed by atoms with Crippen LogP contribution in [-0.4, -0.2) is 11.0 Å². The largest absolute Gasteiger partial charge is 0.308 e. The molecule has 2 aromatic rings. The summed E-state index contributed by atoms with van der Waals surface area (Å²) < 4.78 is 1.16. The predicted octanol–water partition coefficient (Wildman–Crippen LogP) is 4.25. The molecule has 0 bridgehead atoms. The van der Waals surface area contributed by atoms with Gasteiger partial charge in [0.2, 0.25) is 0 Å². The fourth-order valence-electron chi connectivity index (χ4n) is 2.51. The lowest BCUT2D eigenvalue weighted by molar-refractivity contribution is 0.289. The van der Waals surface area contributed by atoms with Gasteiger partial charge in [-0.2, -0.15) is 0 Å². The number of benzene rings is 1. The summed E-state index contributed by atoms with van der Waals surface area (Å²) in [4.78, 5) is 5.67. The van der Waals surface area contributed by atoms with E-state index in [9.17, 15) is 0 Å². The number of hydrogen-bond donors (Lipinski definition) is 1. The van der Waals surface area contributed by atoms with Crippen LogP contribution >= 0.6 is 27.3 Å². The Balaban J connectivity index is 1.46. The highest BCUT2D eigenvalue weighted by Crippen LogP contribution is 2.37. The highest BCUT2D eigenvalue weighted by Gasteiger charge is 2.29. The standard InChI is InChI=1S/C15H17BrN2S/c1-10-8-18-15(19-10)9-17-14-6-12(7-14)11-2-4-13(16)5-3-11/h2-5,8,12,14,17H,6-7,9H2,1H3. The molecule has 1 heterocycles. The monoisotopic (exact) mass is 336 g/mol. The Bertz CT molecular complexity index is 544. The molecule has 1 aromatic carbocycles. The van der Waals surface area contributed by atoms with Crippen LogP contribution in [-0.2, 0) is 6.54 Å². The maximum absolute atomic E-state index is 4.38. The zero-order valence-electron chi connectivity index (χ0n) is 10.9. The highest BCUT2D eigenvalue weighted by molar-refractivity contribution is 9.10. The van der Waals surface area contributed by atoms with Gasteiger partial charge >= 0.3 is 0 Å². The second-order valence-corrected chi connectivity index (χ2v) is 7.40. The first-order chi connectivity index (χ1) is 9.20. The van der Waals surface area contributed by atoms with E-state index in [1.165, 1.54) is 28.3 Å². The molecular weight excluding hydrogens is 320 g/mol. The second-order valence-electron chi connectivity index (χ2n) is 5.16. The molecule has 0 radical (unpaired) electrons. The number of nitrogens with one attached hydrogen (secondary N) is 1. The first-order valence-corrected chi connectivity index (χ1v) is 8.22. The molecule has 19 heavy (non-hydrogen) atoms. The van der Waals surface area contributed by atoms with Crippen molar-refractivity contribution in [2.45, 2.75) is 38.3 Å². The van der Waals surface area contributed by atoms with Crippen LogP contribution in [0.25, 0.3) is 0 Å². The molecule has 2 nitrogen and oxygen atoms in total. The third kappa shape index (κ3) is 3.25. The van der Waals surface area contributed by atoms with E-state index in [2.05, 4.69) is 57.4 Å². The van der Waals surface area contributed by atoms with E-state index in [-0.39, 0.29) is 0 Å². The van der Waals surface area contributed by atoms with Gasteiger partial charge in [-0.3, -0.25) is 0 Å². The molecule has 0 saturated heterocycles. The smallest absolute Gasteiger partial charge is 0.107 e. The Morgan fingerprint density at radius 2 is 2.05 bits per heavy atom. The van der Waals surface area contributed by atoms with Gasteiger partial charge < -0.3 is 5.32 Å². The average Bonchev–Trinajstić information content (AvgIpc) is 2.75. The Hall–Kier alpha value is -0.710. The van der Waals surface area contributed by atoms with Crippen LogP contribution in [0.5, 0.6) is 0 Å². The van der Waals surface area contributed by atoms with Crippen molar-refractivity contribution in [3.63, 3.8) is 0 Å². The van der Waals surface area contributed by atoms with Gasteiger partial charge in [-0.25, -0.2) is 4.98 Å². The summed E-state index contributed by atoms with van der Waals surface area (Å²) in [5, 5.41) is 4.80. The zero-order chi connectivity index (χ0) is 13.2. The van der Waals surface area contributed by atoms with Crippen LogP contribution < -0.4 is 5.32 Å². The molecule has 1 N–H and O–H groups in total. The summed E-state index contributed by atoms with van der Waals surface area (Å²) in [5.41, 5.74) is 1.46. The molecule has 0 amide bonds. The topological polar surface area (TPSA) is 24.9 Å². The minimum absolute atomic E-state index is 0.651. The van der Waals surface area contributed by atoms with Gasteiger partial charge in [0.25, 0.3) is 0 Å². The molecule has 0 atom stereocenters. The molecule has 1 aliphatic carbocycles. The van der Waals surface area contributed by atoms with Gasteiger partial charge in [0.05, 0.1) is 0 Å². The Labute approximate surface area is 126 Å². The van der Waals surface area contributed by atoms with Gasteiger partial charge in [0.1, 0.15) is 5.01 Å². The molecule has 100 valence electrons. The molecule has 1 fully saturated rings. The van der Waals surface area contributed by atoms with Crippen LogP contribution in [0.15, 0.2) is 34.9 Å². The molecule has 0 unspecified atom stereocenters. The van der Waals surface area contributed by atoms with Crippen molar-refractivity contribution in [3.05, 3.63) is 50.4 Å². The summed E-state index contributed by atoms with van der Waals surface area (Å²) in [6.07, 6.45) is 4.44. The molecule has 0 aliphatic heterocycles. The summed E-state index contributed by atoms with van der Waals surface area (Å²) in [5.74, 6) is 0.726. The van der Waals surface area contributed by atoms with Crippen LogP contribution in [0.3, 0.4) is 0 Å². The van der Waals surface area contributed by atoms with Crippen molar-refractivity contribution in [1.82, 2.24) is 10.3 Å². The number of halogens is 1. The molecule has 1 aliphatic rings. The number of thiazole rings is 1. The normalized spacial score (nSPS) is 22.2. The van der Waals surface area contributed by atoms with E-state index >= 15 is 0 Å². The summed E-state index contributed by atoms with van der Waals surface area (Å²) >= 11 is 5.27. The number of rotatable bonds is 4. The maximum atomic E-state index is 4.38. The Morgan fingerprint density at radius 3 is 2.68 bits per heavy atom. The number of aromatic nitrogens is 1. The quantitative estimate of drug-likeness (QED) is 0.902. The van der Waals surface area contributed by atoms with E-state index in [0.717, 1.165) is 16.9 Å². The minimum atomic E-state index is 0.651. The van der Waals surface area contributed by atoms with E-state index < -0.39 is 0 Å². The lowest BCUT2D eigenvalue weighted by Gasteiger charge is -2.36. The van der Waals surface area contributed by atoms with Crippen molar-refractivity contribution >= 4 is 27.3 Å². The van der Waals surface area contributed by atoms with Crippen LogP contribution in [0, 0.1) is 6.92 Å². The lowest BCUT2D eigenvalue weighted by atomic mass is 9.76. The van der Waals surface area contributed by atoms with Crippen molar-refractivity contribution in [3.8, 4) is 0 Å². The van der Waals surface area contributed by atoms with Crippen molar-refractivity contribution < 1.29 is 0 Å². The molecule has 0 spiro atoms. The molecule has 3 rings (SSSR count). The first kappa shape index (κ1) is 13.3. The molecular formula is C15H17BrN2S. The van der Waals surface area contributed by atoms with E-state index in [4.69, 9.17) is 0 Å². The summed E-state index contributed by atoms with van der Waals surface area (Å²) in [6.45, 7) is 3.02. The van der Waals surface area contributed by atoms with E-state index in [1.807, 2.05) is 6.20 Å². The lowest BCUT2D eigenvalue weighted by Crippen LogP contribution is -2.39. The molecule has 4 heteroatoms. The number of aryl methyl sites for hydroxylation is 1. The third-order valence-electron chi connectivity index (χ3n) is 3.69. The third-order valence-corrected chi connectivity index (χ3v) is 5.13. The second kappa shape index (κ2) is 5.73. The van der Waals surface area contributed by atoms with Gasteiger partial charge in [-0.15, -0.1) is 11.3 Å². The zero-order valence-corrected chi connectivity index (χ0v) is 13.3. The average molecular weight is 337 g/mol. The van der Waals surface area contributed by atoms with Crippen LogP contribution in [0.1, 0.15) is 34.2 Å². The fraction of sp³-hybridized carbons (Fsp3) is 0.400. The minimum Gasteiger partial charge on any atom is -0.308 e. The van der Waals surface area contributed by atoms with Gasteiger partial charge in [-0.1, -0.05) is 28.1 Å². The van der Waals surface area contributed by atoms with E-state index in [1.54, 1.807) is 11.3 Å². The van der Waals surface area contributed by atoms with Crippen LogP contribution in [0.2, 0.25) is 0 Å². The van der Waals surface area contributed by atoms with Crippen LogP contribution in [0.4, 0.5) is 0 Å². The van der Waals surface area contributed by atoms with Gasteiger partial charge in [0, 0.05) is 28.1 Å². The predicted molar refractivity (Wildman–Crippen MR) is 83.6 cm³/mol. The number of hydrogen-bond acceptors (Lipinski definition) is 3. The molecule has 1 aromatic heterocycles. The first-order valence-electron chi connectivity index (χ1n) is 6.61. The molecule has 1 saturated carbocycles. The Morgan fingerprint density at radius 1 is 1.32 bits per heavy atom. The number of nitrogens with zero attached hydrogens (tertiary/aromatic N) is 1.